The van der Waals surface area contributed by atoms with Crippen LogP contribution in [0.2, 0.25) is 0 Å². The molecule has 0 spiro atoms. The molecule has 0 aliphatic rings. The van der Waals surface area contributed by atoms with Crippen LogP contribution in [-0.4, -0.2) is 17.8 Å². The molecule has 0 aromatic carbocycles. The zero-order chi connectivity index (χ0) is 13.8. The number of hydrogen-bond donors (Lipinski definition) is 2. The van der Waals surface area contributed by atoms with Crippen molar-refractivity contribution in [2.45, 2.75) is 70.9 Å². The van der Waals surface area contributed by atoms with Crippen molar-refractivity contribution in [3.8, 4) is 0 Å². The van der Waals surface area contributed by atoms with Crippen LogP contribution in [0.1, 0.15) is 63.2 Å². The molecule has 2 N–H and O–H groups in total. The zero-order valence-corrected chi connectivity index (χ0v) is 13.1. The van der Waals surface area contributed by atoms with Crippen molar-refractivity contribution in [1.29, 1.82) is 0 Å². The van der Waals surface area contributed by atoms with Crippen LogP contribution in [0.3, 0.4) is 0 Å². The molecule has 1 unspecified atom stereocenters. The first-order chi connectivity index (χ1) is 9.36. The van der Waals surface area contributed by atoms with Gasteiger partial charge in [0, 0.05) is 17.5 Å². The molecule has 0 bridgehead atoms. The van der Waals surface area contributed by atoms with Gasteiger partial charge in [-0.15, -0.1) is 11.3 Å². The molecule has 110 valence electrons. The van der Waals surface area contributed by atoms with Crippen LogP contribution < -0.4 is 5.32 Å². The summed E-state index contributed by atoms with van der Waals surface area (Å²) in [6.07, 6.45) is 10.4. The largest absolute Gasteiger partial charge is 0.395 e. The average Bonchev–Trinajstić information content (AvgIpc) is 2.94. The van der Waals surface area contributed by atoms with Crippen LogP contribution in [0, 0.1) is 0 Å². The minimum Gasteiger partial charge on any atom is -0.395 e. The van der Waals surface area contributed by atoms with E-state index in [-0.39, 0.29) is 12.6 Å². The van der Waals surface area contributed by atoms with Crippen molar-refractivity contribution >= 4 is 11.3 Å². The summed E-state index contributed by atoms with van der Waals surface area (Å²) >= 11 is 1.77. The van der Waals surface area contributed by atoms with Crippen LogP contribution in [0.4, 0.5) is 0 Å². The number of thiophene rings is 1. The summed E-state index contributed by atoms with van der Waals surface area (Å²) in [5.41, 5.74) is 0. The molecule has 1 aromatic rings. The molecular formula is C16H29NOS. The van der Waals surface area contributed by atoms with Crippen molar-refractivity contribution in [3.05, 3.63) is 22.4 Å². The molecule has 1 rings (SSSR count). The number of unbranched alkanes of at least 4 members (excludes halogenated alkanes) is 6. The van der Waals surface area contributed by atoms with Gasteiger partial charge in [-0.05, 0) is 17.9 Å². The van der Waals surface area contributed by atoms with Gasteiger partial charge in [0.2, 0.25) is 0 Å². The normalized spacial score (nSPS) is 12.7. The molecule has 0 saturated carbocycles. The molecule has 0 amide bonds. The number of aliphatic hydroxyl groups excluding tert-OH is 1. The van der Waals surface area contributed by atoms with E-state index in [1.54, 1.807) is 11.3 Å². The Morgan fingerprint density at radius 3 is 2.53 bits per heavy atom. The summed E-state index contributed by atoms with van der Waals surface area (Å²) < 4.78 is 0. The van der Waals surface area contributed by atoms with Crippen molar-refractivity contribution < 1.29 is 5.11 Å². The summed E-state index contributed by atoms with van der Waals surface area (Å²) in [6, 6.07) is 4.48. The second-order valence-electron chi connectivity index (χ2n) is 5.25. The summed E-state index contributed by atoms with van der Waals surface area (Å²) in [5.74, 6) is 0. The van der Waals surface area contributed by atoms with Crippen LogP contribution >= 0.6 is 11.3 Å². The van der Waals surface area contributed by atoms with E-state index < -0.39 is 0 Å². The lowest BCUT2D eigenvalue weighted by molar-refractivity contribution is 0.232. The van der Waals surface area contributed by atoms with Crippen LogP contribution in [0.15, 0.2) is 17.5 Å². The van der Waals surface area contributed by atoms with E-state index in [9.17, 15) is 5.11 Å². The molecule has 1 atom stereocenters. The minimum atomic E-state index is 0.251. The third kappa shape index (κ3) is 8.40. The van der Waals surface area contributed by atoms with Gasteiger partial charge in [0.25, 0.3) is 0 Å². The first-order valence-electron chi connectivity index (χ1n) is 7.73. The quantitative estimate of drug-likeness (QED) is 0.559. The summed E-state index contributed by atoms with van der Waals surface area (Å²) in [7, 11) is 0. The van der Waals surface area contributed by atoms with Crippen molar-refractivity contribution in [1.82, 2.24) is 5.32 Å². The lowest BCUT2D eigenvalue weighted by atomic mass is 10.1. The summed E-state index contributed by atoms with van der Waals surface area (Å²) in [6.45, 7) is 3.39. The fourth-order valence-corrected chi connectivity index (χ4v) is 2.92. The van der Waals surface area contributed by atoms with Crippen LogP contribution in [-0.2, 0) is 6.54 Å². The molecule has 0 aliphatic heterocycles. The molecule has 0 saturated heterocycles. The monoisotopic (exact) mass is 283 g/mol. The third-order valence-electron chi connectivity index (χ3n) is 3.52. The summed E-state index contributed by atoms with van der Waals surface area (Å²) in [4.78, 5) is 1.35. The van der Waals surface area contributed by atoms with E-state index in [1.165, 1.54) is 49.8 Å². The molecular weight excluding hydrogens is 254 g/mol. The standard InChI is InChI=1S/C16H29NOS/c1-2-3-4-5-6-7-8-10-15(14-18)17-13-16-11-9-12-19-16/h9,11-12,15,17-18H,2-8,10,13-14H2,1H3. The number of hydrogen-bond acceptors (Lipinski definition) is 3. The average molecular weight is 283 g/mol. The van der Waals surface area contributed by atoms with Crippen LogP contribution in [0.5, 0.6) is 0 Å². The van der Waals surface area contributed by atoms with E-state index in [0.717, 1.165) is 13.0 Å². The fourth-order valence-electron chi connectivity index (χ4n) is 2.26. The molecule has 0 fully saturated rings. The molecule has 19 heavy (non-hydrogen) atoms. The Morgan fingerprint density at radius 2 is 1.89 bits per heavy atom. The third-order valence-corrected chi connectivity index (χ3v) is 4.40. The number of aliphatic hydroxyl groups is 1. The molecule has 3 heteroatoms. The van der Waals surface area contributed by atoms with Gasteiger partial charge in [0.1, 0.15) is 0 Å². The van der Waals surface area contributed by atoms with Gasteiger partial charge in [0.15, 0.2) is 0 Å². The Balaban J connectivity index is 1.99. The highest BCUT2D eigenvalue weighted by atomic mass is 32.1. The van der Waals surface area contributed by atoms with Gasteiger partial charge in [0.05, 0.1) is 6.61 Å². The first-order valence-corrected chi connectivity index (χ1v) is 8.61. The SMILES string of the molecule is CCCCCCCCCC(CO)NCc1cccs1. The van der Waals surface area contributed by atoms with Gasteiger partial charge >= 0.3 is 0 Å². The predicted octanol–water partition coefficient (Wildman–Crippen LogP) is 4.34. The van der Waals surface area contributed by atoms with Crippen molar-refractivity contribution in [3.63, 3.8) is 0 Å². The predicted molar refractivity (Wildman–Crippen MR) is 84.6 cm³/mol. The summed E-state index contributed by atoms with van der Waals surface area (Å²) in [5, 5.41) is 14.9. The Labute approximate surface area is 122 Å². The van der Waals surface area contributed by atoms with E-state index in [4.69, 9.17) is 0 Å². The smallest absolute Gasteiger partial charge is 0.0584 e. The van der Waals surface area contributed by atoms with Gasteiger partial charge < -0.3 is 10.4 Å². The van der Waals surface area contributed by atoms with Crippen molar-refractivity contribution in [2.75, 3.05) is 6.61 Å². The Bertz CT molecular complexity index is 287. The first kappa shape index (κ1) is 16.7. The van der Waals surface area contributed by atoms with Crippen molar-refractivity contribution in [2.24, 2.45) is 0 Å². The van der Waals surface area contributed by atoms with Crippen LogP contribution in [0.25, 0.3) is 0 Å². The maximum atomic E-state index is 9.37. The molecule has 1 heterocycles. The molecule has 0 aliphatic carbocycles. The Hall–Kier alpha value is -0.380. The molecule has 0 radical (unpaired) electrons. The minimum absolute atomic E-state index is 0.251. The Morgan fingerprint density at radius 1 is 1.16 bits per heavy atom. The maximum absolute atomic E-state index is 9.37. The van der Waals surface area contributed by atoms with Gasteiger partial charge in [-0.3, -0.25) is 0 Å². The highest BCUT2D eigenvalue weighted by Crippen LogP contribution is 2.11. The number of rotatable bonds is 12. The van der Waals surface area contributed by atoms with E-state index in [1.807, 2.05) is 0 Å². The maximum Gasteiger partial charge on any atom is 0.0584 e. The number of nitrogens with one attached hydrogen (secondary N) is 1. The van der Waals surface area contributed by atoms with Gasteiger partial charge in [-0.1, -0.05) is 57.9 Å². The van der Waals surface area contributed by atoms with E-state index in [0.29, 0.717) is 0 Å². The lowest BCUT2D eigenvalue weighted by Crippen LogP contribution is -2.31. The van der Waals surface area contributed by atoms with E-state index in [2.05, 4.69) is 29.8 Å². The van der Waals surface area contributed by atoms with E-state index >= 15 is 0 Å². The second-order valence-corrected chi connectivity index (χ2v) is 6.28. The highest BCUT2D eigenvalue weighted by Gasteiger charge is 2.06. The van der Waals surface area contributed by atoms with Gasteiger partial charge in [-0.2, -0.15) is 0 Å². The topological polar surface area (TPSA) is 32.3 Å². The zero-order valence-electron chi connectivity index (χ0n) is 12.2. The molecule has 1 aromatic heterocycles. The Kier molecular flexibility index (Phi) is 10.0. The lowest BCUT2D eigenvalue weighted by Gasteiger charge is -2.15. The highest BCUT2D eigenvalue weighted by molar-refractivity contribution is 7.09. The second kappa shape index (κ2) is 11.4. The fraction of sp³-hybridized carbons (Fsp3) is 0.750. The molecule has 2 nitrogen and oxygen atoms in total. The van der Waals surface area contributed by atoms with Gasteiger partial charge in [-0.25, -0.2) is 0 Å².